The number of hydrogen-bond donors (Lipinski definition) is 1. The van der Waals surface area contributed by atoms with Crippen LogP contribution < -0.4 is 0 Å². The number of rotatable bonds is 5. The SMILES string of the molecule is O=C(CCc1ccco1)N1CCC(CCO)C1. The van der Waals surface area contributed by atoms with Crippen LogP contribution in [0.4, 0.5) is 0 Å². The molecule has 1 N–H and O–H groups in total. The third-order valence-corrected chi connectivity index (χ3v) is 3.34. The van der Waals surface area contributed by atoms with Crippen LogP contribution >= 0.6 is 0 Å². The topological polar surface area (TPSA) is 53.7 Å². The molecule has 17 heavy (non-hydrogen) atoms. The lowest BCUT2D eigenvalue weighted by molar-refractivity contribution is -0.130. The number of carbonyl (C=O) groups excluding carboxylic acids is 1. The highest BCUT2D eigenvalue weighted by molar-refractivity contribution is 5.76. The van der Waals surface area contributed by atoms with Gasteiger partial charge in [0.25, 0.3) is 0 Å². The lowest BCUT2D eigenvalue weighted by atomic mass is 10.1. The summed E-state index contributed by atoms with van der Waals surface area (Å²) in [4.78, 5) is 13.8. The molecule has 94 valence electrons. The van der Waals surface area contributed by atoms with Crippen LogP contribution in [0, 0.1) is 5.92 Å². The molecule has 1 unspecified atom stereocenters. The maximum atomic E-state index is 11.9. The quantitative estimate of drug-likeness (QED) is 0.843. The monoisotopic (exact) mass is 237 g/mol. The van der Waals surface area contributed by atoms with Gasteiger partial charge in [-0.05, 0) is 30.9 Å². The van der Waals surface area contributed by atoms with Gasteiger partial charge in [0, 0.05) is 32.5 Å². The minimum absolute atomic E-state index is 0.196. The number of nitrogens with zero attached hydrogens (tertiary/aromatic N) is 1. The van der Waals surface area contributed by atoms with E-state index in [1.807, 2.05) is 17.0 Å². The second kappa shape index (κ2) is 5.87. The largest absolute Gasteiger partial charge is 0.469 e. The molecule has 0 radical (unpaired) electrons. The number of aliphatic hydroxyl groups is 1. The van der Waals surface area contributed by atoms with Crippen molar-refractivity contribution in [3.63, 3.8) is 0 Å². The summed E-state index contributed by atoms with van der Waals surface area (Å²) in [5.41, 5.74) is 0. The molecule has 1 aliphatic heterocycles. The molecule has 2 rings (SSSR count). The summed E-state index contributed by atoms with van der Waals surface area (Å²) in [5, 5.41) is 8.86. The van der Waals surface area contributed by atoms with Gasteiger partial charge in [0.15, 0.2) is 0 Å². The molecule has 0 bridgehead atoms. The van der Waals surface area contributed by atoms with E-state index in [4.69, 9.17) is 9.52 Å². The standard InChI is InChI=1S/C13H19NO3/c15-8-6-11-5-7-14(10-11)13(16)4-3-12-2-1-9-17-12/h1-2,9,11,15H,3-8,10H2. The van der Waals surface area contributed by atoms with Crippen molar-refractivity contribution in [2.45, 2.75) is 25.7 Å². The maximum absolute atomic E-state index is 11.9. The number of amides is 1. The normalized spacial score (nSPS) is 19.8. The van der Waals surface area contributed by atoms with E-state index in [0.29, 0.717) is 18.8 Å². The molecule has 2 heterocycles. The molecule has 4 nitrogen and oxygen atoms in total. The Balaban J connectivity index is 1.73. The predicted octanol–water partition coefficient (Wildman–Crippen LogP) is 1.44. The highest BCUT2D eigenvalue weighted by Crippen LogP contribution is 2.20. The van der Waals surface area contributed by atoms with Crippen LogP contribution in [0.5, 0.6) is 0 Å². The zero-order chi connectivity index (χ0) is 12.1. The summed E-state index contributed by atoms with van der Waals surface area (Å²) in [6.45, 7) is 1.86. The lowest BCUT2D eigenvalue weighted by Crippen LogP contribution is -2.28. The fraction of sp³-hybridized carbons (Fsp3) is 0.615. The summed E-state index contributed by atoms with van der Waals surface area (Å²) in [6.07, 6.45) is 4.65. The Bertz CT molecular complexity index is 348. The first-order valence-electron chi connectivity index (χ1n) is 6.20. The molecule has 1 amide bonds. The van der Waals surface area contributed by atoms with Crippen LogP contribution in [-0.4, -0.2) is 35.6 Å². The van der Waals surface area contributed by atoms with Crippen molar-refractivity contribution in [1.29, 1.82) is 0 Å². The fourth-order valence-corrected chi connectivity index (χ4v) is 2.32. The van der Waals surface area contributed by atoms with Gasteiger partial charge in [0.2, 0.25) is 5.91 Å². The van der Waals surface area contributed by atoms with Gasteiger partial charge in [0.05, 0.1) is 6.26 Å². The van der Waals surface area contributed by atoms with Crippen molar-refractivity contribution < 1.29 is 14.3 Å². The van der Waals surface area contributed by atoms with E-state index in [1.165, 1.54) is 0 Å². The molecular weight excluding hydrogens is 218 g/mol. The van der Waals surface area contributed by atoms with E-state index in [-0.39, 0.29) is 12.5 Å². The van der Waals surface area contributed by atoms with Gasteiger partial charge in [-0.25, -0.2) is 0 Å². The molecule has 0 spiro atoms. The molecule has 1 aromatic rings. The molecule has 1 aromatic heterocycles. The van der Waals surface area contributed by atoms with Crippen LogP contribution in [0.15, 0.2) is 22.8 Å². The van der Waals surface area contributed by atoms with E-state index in [9.17, 15) is 4.79 Å². The van der Waals surface area contributed by atoms with Gasteiger partial charge in [0.1, 0.15) is 5.76 Å². The Labute approximate surface area is 101 Å². The van der Waals surface area contributed by atoms with E-state index in [1.54, 1.807) is 6.26 Å². The Hall–Kier alpha value is -1.29. The highest BCUT2D eigenvalue weighted by atomic mass is 16.3. The first kappa shape index (κ1) is 12.2. The lowest BCUT2D eigenvalue weighted by Gasteiger charge is -2.15. The van der Waals surface area contributed by atoms with Crippen molar-refractivity contribution in [1.82, 2.24) is 4.90 Å². The number of furan rings is 1. The van der Waals surface area contributed by atoms with E-state index in [2.05, 4.69) is 0 Å². The number of carbonyl (C=O) groups is 1. The van der Waals surface area contributed by atoms with E-state index in [0.717, 1.165) is 31.7 Å². The molecule has 1 fully saturated rings. The van der Waals surface area contributed by atoms with E-state index >= 15 is 0 Å². The van der Waals surface area contributed by atoms with Gasteiger partial charge in [-0.2, -0.15) is 0 Å². The summed E-state index contributed by atoms with van der Waals surface area (Å²) in [6, 6.07) is 3.73. The molecule has 1 atom stereocenters. The smallest absolute Gasteiger partial charge is 0.223 e. The average Bonchev–Trinajstić information content (AvgIpc) is 2.97. The second-order valence-corrected chi connectivity index (χ2v) is 4.59. The van der Waals surface area contributed by atoms with Crippen LogP contribution in [0.2, 0.25) is 0 Å². The first-order valence-corrected chi connectivity index (χ1v) is 6.20. The Morgan fingerprint density at radius 1 is 1.59 bits per heavy atom. The zero-order valence-corrected chi connectivity index (χ0v) is 9.97. The minimum Gasteiger partial charge on any atom is -0.469 e. The van der Waals surface area contributed by atoms with Crippen molar-refractivity contribution in [2.75, 3.05) is 19.7 Å². The summed E-state index contributed by atoms with van der Waals surface area (Å²) in [5.74, 6) is 1.54. The third kappa shape index (κ3) is 3.33. The van der Waals surface area contributed by atoms with Gasteiger partial charge in [-0.1, -0.05) is 0 Å². The molecule has 0 aliphatic carbocycles. The van der Waals surface area contributed by atoms with E-state index < -0.39 is 0 Å². The summed E-state index contributed by atoms with van der Waals surface area (Å²) >= 11 is 0. The fourth-order valence-electron chi connectivity index (χ4n) is 2.32. The van der Waals surface area contributed by atoms with Crippen molar-refractivity contribution >= 4 is 5.91 Å². The number of likely N-dealkylation sites (tertiary alicyclic amines) is 1. The van der Waals surface area contributed by atoms with Gasteiger partial charge < -0.3 is 14.4 Å². The van der Waals surface area contributed by atoms with Gasteiger partial charge >= 0.3 is 0 Å². The van der Waals surface area contributed by atoms with Gasteiger partial charge in [-0.15, -0.1) is 0 Å². The first-order chi connectivity index (χ1) is 8.29. The van der Waals surface area contributed by atoms with Gasteiger partial charge in [-0.3, -0.25) is 4.79 Å². The Kier molecular flexibility index (Phi) is 4.20. The van der Waals surface area contributed by atoms with Crippen molar-refractivity contribution in [3.8, 4) is 0 Å². The Morgan fingerprint density at radius 2 is 2.47 bits per heavy atom. The molecule has 4 heteroatoms. The van der Waals surface area contributed by atoms with Crippen molar-refractivity contribution in [2.24, 2.45) is 5.92 Å². The zero-order valence-electron chi connectivity index (χ0n) is 9.97. The summed E-state index contributed by atoms with van der Waals surface area (Å²) < 4.78 is 5.20. The Morgan fingerprint density at radius 3 is 3.18 bits per heavy atom. The molecule has 1 aliphatic rings. The average molecular weight is 237 g/mol. The number of aryl methyl sites for hydroxylation is 1. The van der Waals surface area contributed by atoms with Crippen LogP contribution in [0.25, 0.3) is 0 Å². The maximum Gasteiger partial charge on any atom is 0.223 e. The predicted molar refractivity (Wildman–Crippen MR) is 63.4 cm³/mol. The molecule has 1 saturated heterocycles. The van der Waals surface area contributed by atoms with Crippen LogP contribution in [-0.2, 0) is 11.2 Å². The minimum atomic E-state index is 0.196. The number of aliphatic hydroxyl groups excluding tert-OH is 1. The molecule has 0 saturated carbocycles. The second-order valence-electron chi connectivity index (χ2n) is 4.59. The number of hydrogen-bond acceptors (Lipinski definition) is 3. The van der Waals surface area contributed by atoms with Crippen molar-refractivity contribution in [3.05, 3.63) is 24.2 Å². The highest BCUT2D eigenvalue weighted by Gasteiger charge is 2.25. The van der Waals surface area contributed by atoms with Crippen LogP contribution in [0.3, 0.4) is 0 Å². The summed E-state index contributed by atoms with van der Waals surface area (Å²) in [7, 11) is 0. The third-order valence-electron chi connectivity index (χ3n) is 3.34. The molecule has 0 aromatic carbocycles. The van der Waals surface area contributed by atoms with Crippen LogP contribution in [0.1, 0.15) is 25.0 Å². The molecular formula is C13H19NO3.